The van der Waals surface area contributed by atoms with E-state index in [0.29, 0.717) is 31.9 Å². The van der Waals surface area contributed by atoms with E-state index in [1.807, 2.05) is 76.4 Å². The van der Waals surface area contributed by atoms with E-state index < -0.39 is 0 Å². The SMILES string of the molecule is CCC[C@@H](C)c1nc(N2CCN(C(=O)COc3ccccc3)CC2)c2cnn(-c3ccccc3)c2n1. The summed E-state index contributed by atoms with van der Waals surface area (Å²) in [4.78, 5) is 26.9. The maximum atomic E-state index is 12.7. The summed E-state index contributed by atoms with van der Waals surface area (Å²) in [6, 6.07) is 19.5. The zero-order valence-electron chi connectivity index (χ0n) is 20.9. The summed E-state index contributed by atoms with van der Waals surface area (Å²) in [7, 11) is 0. The summed E-state index contributed by atoms with van der Waals surface area (Å²) >= 11 is 0. The van der Waals surface area contributed by atoms with Gasteiger partial charge in [0.05, 0.1) is 17.3 Å². The highest BCUT2D eigenvalue weighted by Crippen LogP contribution is 2.29. The minimum absolute atomic E-state index is 0.000455. The molecule has 0 radical (unpaired) electrons. The molecular formula is C28H32N6O2. The number of rotatable bonds is 8. The Morgan fingerprint density at radius 3 is 2.36 bits per heavy atom. The zero-order valence-corrected chi connectivity index (χ0v) is 20.9. The molecular weight excluding hydrogens is 452 g/mol. The summed E-state index contributed by atoms with van der Waals surface area (Å²) in [6.45, 7) is 7.04. The van der Waals surface area contributed by atoms with Gasteiger partial charge in [-0.3, -0.25) is 4.79 Å². The standard InChI is InChI=1S/C28H32N6O2/c1-3-10-21(2)26-30-27(24-19-29-34(28(24)31-26)22-11-6-4-7-12-22)33-17-15-32(16-18-33)25(35)20-36-23-13-8-5-9-14-23/h4-9,11-14,19,21H,3,10,15-18,20H2,1-2H3/t21-/m1/s1. The molecule has 0 saturated carbocycles. The quantitative estimate of drug-likeness (QED) is 0.368. The molecule has 1 atom stereocenters. The predicted molar refractivity (Wildman–Crippen MR) is 141 cm³/mol. The van der Waals surface area contributed by atoms with E-state index in [4.69, 9.17) is 14.7 Å². The lowest BCUT2D eigenvalue weighted by molar-refractivity contribution is -0.133. The Labute approximate surface area is 211 Å². The molecule has 0 aliphatic carbocycles. The molecule has 3 heterocycles. The van der Waals surface area contributed by atoms with Crippen molar-refractivity contribution in [3.05, 3.63) is 72.7 Å². The van der Waals surface area contributed by atoms with Gasteiger partial charge in [0.15, 0.2) is 12.3 Å². The fraction of sp³-hybridized carbons (Fsp3) is 0.357. The largest absolute Gasteiger partial charge is 0.484 e. The minimum Gasteiger partial charge on any atom is -0.484 e. The number of carbonyl (C=O) groups is 1. The van der Waals surface area contributed by atoms with Crippen molar-refractivity contribution in [2.45, 2.75) is 32.6 Å². The van der Waals surface area contributed by atoms with E-state index in [1.165, 1.54) is 0 Å². The van der Waals surface area contributed by atoms with Crippen LogP contribution in [0.1, 0.15) is 38.4 Å². The third-order valence-electron chi connectivity index (χ3n) is 6.63. The van der Waals surface area contributed by atoms with E-state index in [1.54, 1.807) is 0 Å². The van der Waals surface area contributed by atoms with Crippen molar-refractivity contribution in [1.29, 1.82) is 0 Å². The number of amides is 1. The maximum Gasteiger partial charge on any atom is 0.260 e. The lowest BCUT2D eigenvalue weighted by atomic mass is 10.1. The second-order valence-electron chi connectivity index (χ2n) is 9.19. The Morgan fingerprint density at radius 2 is 1.67 bits per heavy atom. The molecule has 8 heteroatoms. The number of benzene rings is 2. The van der Waals surface area contributed by atoms with Crippen molar-refractivity contribution >= 4 is 22.8 Å². The van der Waals surface area contributed by atoms with E-state index in [0.717, 1.165) is 41.2 Å². The van der Waals surface area contributed by atoms with E-state index in [-0.39, 0.29) is 18.4 Å². The molecule has 1 aliphatic heterocycles. The predicted octanol–water partition coefficient (Wildman–Crippen LogP) is 4.45. The van der Waals surface area contributed by atoms with Crippen LogP contribution in [-0.4, -0.2) is 63.3 Å². The van der Waals surface area contributed by atoms with Gasteiger partial charge in [0.2, 0.25) is 0 Å². The smallest absolute Gasteiger partial charge is 0.260 e. The Morgan fingerprint density at radius 1 is 0.972 bits per heavy atom. The highest BCUT2D eigenvalue weighted by molar-refractivity contribution is 5.88. The first kappa shape index (κ1) is 23.8. The third kappa shape index (κ3) is 5.03. The van der Waals surface area contributed by atoms with E-state index in [2.05, 4.69) is 23.8 Å². The Balaban J connectivity index is 1.36. The van der Waals surface area contributed by atoms with Gasteiger partial charge in [0, 0.05) is 32.1 Å². The highest BCUT2D eigenvalue weighted by atomic mass is 16.5. The first-order chi connectivity index (χ1) is 17.6. The number of hydrogen-bond acceptors (Lipinski definition) is 6. The molecule has 4 aromatic rings. The van der Waals surface area contributed by atoms with Crippen LogP contribution in [0, 0.1) is 0 Å². The fourth-order valence-corrected chi connectivity index (χ4v) is 4.61. The number of hydrogen-bond donors (Lipinski definition) is 0. The minimum atomic E-state index is 0.000455. The van der Waals surface area contributed by atoms with Crippen molar-refractivity contribution in [1.82, 2.24) is 24.6 Å². The molecule has 1 saturated heterocycles. The highest BCUT2D eigenvalue weighted by Gasteiger charge is 2.26. The average molecular weight is 485 g/mol. The lowest BCUT2D eigenvalue weighted by Crippen LogP contribution is -2.50. The second kappa shape index (κ2) is 10.8. The van der Waals surface area contributed by atoms with Gasteiger partial charge in [-0.25, -0.2) is 14.6 Å². The molecule has 0 bridgehead atoms. The molecule has 0 unspecified atom stereocenters. The Hall–Kier alpha value is -3.94. The van der Waals surface area contributed by atoms with E-state index >= 15 is 0 Å². The van der Waals surface area contributed by atoms with Crippen LogP contribution in [0.2, 0.25) is 0 Å². The van der Waals surface area contributed by atoms with Crippen LogP contribution in [0.5, 0.6) is 5.75 Å². The Kier molecular flexibility index (Phi) is 7.11. The summed E-state index contributed by atoms with van der Waals surface area (Å²) < 4.78 is 7.56. The molecule has 2 aromatic heterocycles. The molecule has 0 N–H and O–H groups in total. The Bertz CT molecular complexity index is 1300. The number of anilines is 1. The van der Waals surface area contributed by atoms with Crippen molar-refractivity contribution in [3.8, 4) is 11.4 Å². The summed E-state index contributed by atoms with van der Waals surface area (Å²) in [5, 5.41) is 5.60. The monoisotopic (exact) mass is 484 g/mol. The fourth-order valence-electron chi connectivity index (χ4n) is 4.61. The summed E-state index contributed by atoms with van der Waals surface area (Å²) in [5.74, 6) is 2.69. The van der Waals surface area contributed by atoms with Crippen LogP contribution >= 0.6 is 0 Å². The molecule has 186 valence electrons. The molecule has 1 fully saturated rings. The van der Waals surface area contributed by atoms with Crippen LogP contribution in [0.25, 0.3) is 16.7 Å². The normalized spacial score (nSPS) is 14.7. The van der Waals surface area contributed by atoms with Gasteiger partial charge in [-0.1, -0.05) is 56.7 Å². The molecule has 1 aliphatic rings. The summed E-state index contributed by atoms with van der Waals surface area (Å²) in [5.41, 5.74) is 1.79. The second-order valence-corrected chi connectivity index (χ2v) is 9.19. The van der Waals surface area contributed by atoms with Gasteiger partial charge in [0.1, 0.15) is 17.4 Å². The molecule has 36 heavy (non-hydrogen) atoms. The van der Waals surface area contributed by atoms with E-state index in [9.17, 15) is 4.79 Å². The van der Waals surface area contributed by atoms with Gasteiger partial charge in [0.25, 0.3) is 5.91 Å². The number of para-hydroxylation sites is 2. The molecule has 0 spiro atoms. The first-order valence-corrected chi connectivity index (χ1v) is 12.7. The third-order valence-corrected chi connectivity index (χ3v) is 6.63. The molecule has 1 amide bonds. The van der Waals surface area contributed by atoms with Crippen LogP contribution in [0.3, 0.4) is 0 Å². The van der Waals surface area contributed by atoms with Gasteiger partial charge in [-0.2, -0.15) is 5.10 Å². The van der Waals surface area contributed by atoms with Crippen molar-refractivity contribution < 1.29 is 9.53 Å². The average Bonchev–Trinajstić information content (AvgIpc) is 3.37. The number of piperazine rings is 1. The van der Waals surface area contributed by atoms with Crippen LogP contribution in [-0.2, 0) is 4.79 Å². The van der Waals surface area contributed by atoms with Gasteiger partial charge in [-0.15, -0.1) is 0 Å². The molecule has 5 rings (SSSR count). The first-order valence-electron chi connectivity index (χ1n) is 12.7. The van der Waals surface area contributed by atoms with Crippen molar-refractivity contribution in [2.24, 2.45) is 0 Å². The lowest BCUT2D eigenvalue weighted by Gasteiger charge is -2.35. The van der Waals surface area contributed by atoms with Crippen molar-refractivity contribution in [3.63, 3.8) is 0 Å². The zero-order chi connectivity index (χ0) is 24.9. The molecule has 8 nitrogen and oxygen atoms in total. The number of aromatic nitrogens is 4. The van der Waals surface area contributed by atoms with Crippen LogP contribution in [0.4, 0.5) is 5.82 Å². The van der Waals surface area contributed by atoms with Gasteiger partial charge in [-0.05, 0) is 30.7 Å². The van der Waals surface area contributed by atoms with Crippen molar-refractivity contribution in [2.75, 3.05) is 37.7 Å². The molecule has 2 aromatic carbocycles. The van der Waals surface area contributed by atoms with Crippen LogP contribution in [0.15, 0.2) is 66.9 Å². The summed E-state index contributed by atoms with van der Waals surface area (Å²) in [6.07, 6.45) is 3.95. The topological polar surface area (TPSA) is 76.4 Å². The van der Waals surface area contributed by atoms with Gasteiger partial charge >= 0.3 is 0 Å². The maximum absolute atomic E-state index is 12.7. The van der Waals surface area contributed by atoms with Crippen LogP contribution < -0.4 is 9.64 Å². The van der Waals surface area contributed by atoms with Gasteiger partial charge < -0.3 is 14.5 Å². The number of ether oxygens (including phenoxy) is 1. The number of carbonyl (C=O) groups excluding carboxylic acids is 1. The number of fused-ring (bicyclic) bond motifs is 1. The number of nitrogens with zero attached hydrogens (tertiary/aromatic N) is 6.